The number of likely N-dealkylation sites (tertiary alicyclic amines) is 1. The molecule has 2 aromatic rings. The number of sulfone groups is 1. The second-order valence-electron chi connectivity index (χ2n) is 7.53. The second kappa shape index (κ2) is 13.0. The van der Waals surface area contributed by atoms with E-state index in [1.54, 1.807) is 24.3 Å². The lowest BCUT2D eigenvalue weighted by molar-refractivity contribution is 0.250. The van der Waals surface area contributed by atoms with Crippen molar-refractivity contribution in [3.63, 3.8) is 0 Å². The van der Waals surface area contributed by atoms with Crippen molar-refractivity contribution in [2.75, 3.05) is 31.9 Å². The van der Waals surface area contributed by atoms with Crippen LogP contribution in [0.5, 0.6) is 0 Å². The predicted molar refractivity (Wildman–Crippen MR) is 138 cm³/mol. The number of nitrogens with one attached hydrogen (secondary N) is 2. The van der Waals surface area contributed by atoms with Gasteiger partial charge < -0.3 is 10.6 Å². The molecular formula is C23H33IN4O2S. The molecule has 6 nitrogen and oxygen atoms in total. The predicted octanol–water partition coefficient (Wildman–Crippen LogP) is 3.30. The van der Waals surface area contributed by atoms with Gasteiger partial charge in [-0.25, -0.2) is 8.42 Å². The molecule has 2 N–H and O–H groups in total. The van der Waals surface area contributed by atoms with E-state index in [0.29, 0.717) is 30.0 Å². The van der Waals surface area contributed by atoms with Crippen molar-refractivity contribution in [1.82, 2.24) is 15.5 Å². The van der Waals surface area contributed by atoms with Crippen LogP contribution in [0, 0.1) is 0 Å². The topological polar surface area (TPSA) is 73.8 Å². The van der Waals surface area contributed by atoms with Gasteiger partial charge in [-0.15, -0.1) is 24.0 Å². The monoisotopic (exact) mass is 556 g/mol. The summed E-state index contributed by atoms with van der Waals surface area (Å²) in [6, 6.07) is 19.5. The molecule has 1 atom stereocenters. The molecule has 0 radical (unpaired) electrons. The highest BCUT2D eigenvalue weighted by atomic mass is 127. The van der Waals surface area contributed by atoms with Crippen LogP contribution in [-0.2, 0) is 16.4 Å². The van der Waals surface area contributed by atoms with Gasteiger partial charge in [0, 0.05) is 25.7 Å². The Morgan fingerprint density at radius 1 is 1.06 bits per heavy atom. The van der Waals surface area contributed by atoms with Crippen LogP contribution in [-0.4, -0.2) is 57.3 Å². The van der Waals surface area contributed by atoms with Crippen molar-refractivity contribution in [3.8, 4) is 0 Å². The molecule has 1 unspecified atom stereocenters. The van der Waals surface area contributed by atoms with E-state index < -0.39 is 9.84 Å². The number of benzene rings is 2. The Morgan fingerprint density at radius 2 is 1.74 bits per heavy atom. The van der Waals surface area contributed by atoms with E-state index in [9.17, 15) is 8.42 Å². The minimum absolute atomic E-state index is 0. The molecule has 0 aromatic heterocycles. The van der Waals surface area contributed by atoms with Crippen LogP contribution >= 0.6 is 24.0 Å². The molecule has 0 aliphatic carbocycles. The Kier molecular flexibility index (Phi) is 10.8. The second-order valence-corrected chi connectivity index (χ2v) is 9.64. The number of guanidine groups is 1. The fraction of sp³-hybridized carbons (Fsp3) is 0.435. The highest BCUT2D eigenvalue weighted by molar-refractivity contribution is 14.0. The minimum atomic E-state index is -3.30. The third kappa shape index (κ3) is 8.08. The molecule has 8 heteroatoms. The molecule has 0 spiro atoms. The van der Waals surface area contributed by atoms with Crippen molar-refractivity contribution < 1.29 is 8.42 Å². The first-order valence-electron chi connectivity index (χ1n) is 10.7. The van der Waals surface area contributed by atoms with Crippen LogP contribution in [0.1, 0.15) is 25.3 Å². The lowest BCUT2D eigenvalue weighted by Gasteiger charge is -2.23. The summed E-state index contributed by atoms with van der Waals surface area (Å²) in [5.74, 6) is 0.706. The van der Waals surface area contributed by atoms with Crippen LogP contribution in [0.4, 0.5) is 0 Å². The van der Waals surface area contributed by atoms with Gasteiger partial charge >= 0.3 is 0 Å². The van der Waals surface area contributed by atoms with Crippen molar-refractivity contribution in [3.05, 3.63) is 66.2 Å². The number of rotatable bonds is 9. The molecule has 1 saturated heterocycles. The molecule has 1 heterocycles. The fourth-order valence-electron chi connectivity index (χ4n) is 3.72. The minimum Gasteiger partial charge on any atom is -0.357 e. The highest BCUT2D eigenvalue weighted by Crippen LogP contribution is 2.20. The van der Waals surface area contributed by atoms with Crippen molar-refractivity contribution in [2.24, 2.45) is 4.99 Å². The third-order valence-corrected chi connectivity index (χ3v) is 7.03. The van der Waals surface area contributed by atoms with E-state index in [1.807, 2.05) is 19.1 Å². The molecule has 1 fully saturated rings. The number of halogens is 1. The zero-order valence-corrected chi connectivity index (χ0v) is 21.2. The number of nitrogens with zero attached hydrogens (tertiary/aromatic N) is 2. The Hall–Kier alpha value is -1.65. The van der Waals surface area contributed by atoms with Crippen LogP contribution in [0.3, 0.4) is 0 Å². The van der Waals surface area contributed by atoms with Gasteiger partial charge in [0.25, 0.3) is 0 Å². The fourth-order valence-corrected chi connectivity index (χ4v) is 4.89. The lowest BCUT2D eigenvalue weighted by Crippen LogP contribution is -2.41. The summed E-state index contributed by atoms with van der Waals surface area (Å²) < 4.78 is 24.9. The van der Waals surface area contributed by atoms with Crippen LogP contribution in [0.15, 0.2) is 70.6 Å². The number of aliphatic imine (C=N–C) groups is 1. The summed E-state index contributed by atoms with van der Waals surface area (Å²) in [7, 11) is -3.30. The first-order valence-corrected chi connectivity index (χ1v) is 12.3. The average Bonchev–Trinajstić information content (AvgIpc) is 3.20. The van der Waals surface area contributed by atoms with E-state index in [0.717, 1.165) is 26.1 Å². The molecule has 170 valence electrons. The molecule has 1 aliphatic heterocycles. The van der Waals surface area contributed by atoms with Gasteiger partial charge in [0.1, 0.15) is 0 Å². The molecule has 2 aromatic carbocycles. The smallest absolute Gasteiger partial charge is 0.191 e. The zero-order chi connectivity index (χ0) is 21.2. The summed E-state index contributed by atoms with van der Waals surface area (Å²) in [6.45, 7) is 5.80. The van der Waals surface area contributed by atoms with E-state index in [-0.39, 0.29) is 29.7 Å². The maximum atomic E-state index is 12.4. The first kappa shape index (κ1) is 25.6. The number of hydrogen-bond donors (Lipinski definition) is 2. The molecule has 3 rings (SSSR count). The van der Waals surface area contributed by atoms with E-state index in [4.69, 9.17) is 4.99 Å². The lowest BCUT2D eigenvalue weighted by atomic mass is 10.2. The van der Waals surface area contributed by atoms with Gasteiger partial charge in [-0.3, -0.25) is 9.89 Å². The Balaban J connectivity index is 0.00000341. The molecule has 0 amide bonds. The Labute approximate surface area is 203 Å². The largest absolute Gasteiger partial charge is 0.357 e. The van der Waals surface area contributed by atoms with Gasteiger partial charge in [-0.1, -0.05) is 48.5 Å². The molecule has 0 bridgehead atoms. The molecule has 1 aliphatic rings. The first-order chi connectivity index (χ1) is 14.6. The van der Waals surface area contributed by atoms with Crippen LogP contribution in [0.2, 0.25) is 0 Å². The van der Waals surface area contributed by atoms with Gasteiger partial charge in [0.2, 0.25) is 0 Å². The summed E-state index contributed by atoms with van der Waals surface area (Å²) >= 11 is 0. The van der Waals surface area contributed by atoms with Crippen molar-refractivity contribution in [1.29, 1.82) is 0 Å². The van der Waals surface area contributed by atoms with Gasteiger partial charge in [0.15, 0.2) is 15.8 Å². The van der Waals surface area contributed by atoms with Crippen molar-refractivity contribution >= 4 is 39.8 Å². The van der Waals surface area contributed by atoms with E-state index in [2.05, 4.69) is 39.8 Å². The molecular weight excluding hydrogens is 523 g/mol. The standard InChI is InChI=1S/C23H32N4O2S.HI/c1-2-24-23(25-15-17-30(28,29)22-13-7-4-8-14-22)26-18-21-12-9-16-27(21)19-20-10-5-3-6-11-20;/h3-8,10-11,13-14,21H,2,9,12,15-19H2,1H3,(H2,24,25,26);1H. The maximum absolute atomic E-state index is 12.4. The van der Waals surface area contributed by atoms with Gasteiger partial charge in [-0.2, -0.15) is 0 Å². The molecule has 0 saturated carbocycles. The number of hydrogen-bond acceptors (Lipinski definition) is 4. The SMILES string of the molecule is CCNC(=NCC1CCCN1Cc1ccccc1)NCCS(=O)(=O)c1ccccc1.I. The Morgan fingerprint density at radius 3 is 2.42 bits per heavy atom. The van der Waals surface area contributed by atoms with E-state index >= 15 is 0 Å². The quantitative estimate of drug-likeness (QED) is 0.282. The summed E-state index contributed by atoms with van der Waals surface area (Å²) in [4.78, 5) is 7.58. The van der Waals surface area contributed by atoms with Gasteiger partial charge in [-0.05, 0) is 44.0 Å². The highest BCUT2D eigenvalue weighted by Gasteiger charge is 2.24. The van der Waals surface area contributed by atoms with Crippen LogP contribution in [0.25, 0.3) is 0 Å². The summed E-state index contributed by atoms with van der Waals surface area (Å²) in [6.07, 6.45) is 2.32. The zero-order valence-electron chi connectivity index (χ0n) is 18.0. The third-order valence-electron chi connectivity index (χ3n) is 5.30. The van der Waals surface area contributed by atoms with E-state index in [1.165, 1.54) is 12.0 Å². The van der Waals surface area contributed by atoms with Crippen LogP contribution < -0.4 is 10.6 Å². The maximum Gasteiger partial charge on any atom is 0.191 e. The van der Waals surface area contributed by atoms with Crippen molar-refractivity contribution in [2.45, 2.75) is 37.2 Å². The summed E-state index contributed by atoms with van der Waals surface area (Å²) in [5.41, 5.74) is 1.32. The summed E-state index contributed by atoms with van der Waals surface area (Å²) in [5, 5.41) is 6.40. The average molecular weight is 557 g/mol. The molecule has 31 heavy (non-hydrogen) atoms. The Bertz CT molecular complexity index is 908. The van der Waals surface area contributed by atoms with Gasteiger partial charge in [0.05, 0.1) is 17.2 Å². The normalized spacial score (nSPS) is 17.2.